The minimum absolute atomic E-state index is 0.0784. The molecule has 0 aromatic heterocycles. The first-order chi connectivity index (χ1) is 10.1. The van der Waals surface area contributed by atoms with Gasteiger partial charge >= 0.3 is 0 Å². The van der Waals surface area contributed by atoms with E-state index in [-0.39, 0.29) is 23.7 Å². The van der Waals surface area contributed by atoms with Gasteiger partial charge in [-0.25, -0.2) is 0 Å². The number of ketones is 1. The molecule has 2 aromatic rings. The zero-order chi connectivity index (χ0) is 15.2. The predicted octanol–water partition coefficient (Wildman–Crippen LogP) is 4.08. The highest BCUT2D eigenvalue weighted by molar-refractivity contribution is 9.10. The van der Waals surface area contributed by atoms with Gasteiger partial charge in [-0.2, -0.15) is 0 Å². The van der Waals surface area contributed by atoms with Crippen molar-refractivity contribution in [3.63, 3.8) is 0 Å². The third-order valence-electron chi connectivity index (χ3n) is 3.24. The fourth-order valence-electron chi connectivity index (χ4n) is 2.17. The van der Waals surface area contributed by atoms with Crippen molar-refractivity contribution in [2.24, 2.45) is 0 Å². The first kappa shape index (κ1) is 15.4. The maximum absolute atomic E-state index is 12.2. The third-order valence-corrected chi connectivity index (χ3v) is 3.77. The number of hydrogen-bond acceptors (Lipinski definition) is 3. The maximum Gasteiger partial charge on any atom is 0.211 e. The summed E-state index contributed by atoms with van der Waals surface area (Å²) in [6, 6.07) is 16.2. The molecule has 0 fully saturated rings. The quantitative estimate of drug-likeness (QED) is 0.449. The lowest BCUT2D eigenvalue weighted by atomic mass is 9.91. The molecule has 0 amide bonds. The molecule has 21 heavy (non-hydrogen) atoms. The van der Waals surface area contributed by atoms with Crippen LogP contribution in [0.3, 0.4) is 0 Å². The average molecular weight is 348 g/mol. The van der Waals surface area contributed by atoms with Gasteiger partial charge in [-0.1, -0.05) is 58.4 Å². The molecule has 0 heterocycles. The van der Waals surface area contributed by atoms with Crippen LogP contribution in [0.5, 0.6) is 0 Å². The standard InChI is InChI=1S/C16H14BrNO3/c17-15-8-6-12(7-9-15)14(11-18(20)21)10-16(19)13-4-2-1-3-5-13/h1-9,14H,10-11H2/t14-/m0/s1. The second-order valence-electron chi connectivity index (χ2n) is 4.76. The van der Waals surface area contributed by atoms with Crippen molar-refractivity contribution in [2.45, 2.75) is 12.3 Å². The highest BCUT2D eigenvalue weighted by Gasteiger charge is 2.22. The van der Waals surface area contributed by atoms with Gasteiger partial charge in [0.15, 0.2) is 5.78 Å². The largest absolute Gasteiger partial charge is 0.294 e. The van der Waals surface area contributed by atoms with Gasteiger partial charge in [0, 0.05) is 21.4 Å². The molecule has 2 rings (SSSR count). The van der Waals surface area contributed by atoms with E-state index in [2.05, 4.69) is 15.9 Å². The molecule has 0 aliphatic heterocycles. The minimum atomic E-state index is -0.416. The van der Waals surface area contributed by atoms with Crippen LogP contribution in [-0.4, -0.2) is 17.3 Å². The Morgan fingerprint density at radius 2 is 1.71 bits per heavy atom. The summed E-state index contributed by atoms with van der Waals surface area (Å²) >= 11 is 3.33. The molecule has 0 spiro atoms. The van der Waals surface area contributed by atoms with Crippen molar-refractivity contribution < 1.29 is 9.72 Å². The van der Waals surface area contributed by atoms with E-state index in [0.29, 0.717) is 5.56 Å². The highest BCUT2D eigenvalue weighted by atomic mass is 79.9. The molecular weight excluding hydrogens is 334 g/mol. The van der Waals surface area contributed by atoms with Crippen LogP contribution in [0.4, 0.5) is 0 Å². The first-order valence-electron chi connectivity index (χ1n) is 6.52. The number of benzene rings is 2. The van der Waals surface area contributed by atoms with Crippen LogP contribution in [0.25, 0.3) is 0 Å². The summed E-state index contributed by atoms with van der Waals surface area (Å²) < 4.78 is 0.903. The Morgan fingerprint density at radius 1 is 1.10 bits per heavy atom. The lowest BCUT2D eigenvalue weighted by Crippen LogP contribution is -2.16. The van der Waals surface area contributed by atoms with Crippen molar-refractivity contribution in [3.05, 3.63) is 80.3 Å². The fraction of sp³-hybridized carbons (Fsp3) is 0.188. The van der Waals surface area contributed by atoms with Crippen molar-refractivity contribution >= 4 is 21.7 Å². The highest BCUT2D eigenvalue weighted by Crippen LogP contribution is 2.24. The third kappa shape index (κ3) is 4.49. The lowest BCUT2D eigenvalue weighted by Gasteiger charge is -2.13. The van der Waals surface area contributed by atoms with Crippen LogP contribution in [0.2, 0.25) is 0 Å². The van der Waals surface area contributed by atoms with E-state index in [0.717, 1.165) is 10.0 Å². The van der Waals surface area contributed by atoms with Gasteiger partial charge in [0.25, 0.3) is 0 Å². The molecular formula is C16H14BrNO3. The lowest BCUT2D eigenvalue weighted by molar-refractivity contribution is -0.483. The van der Waals surface area contributed by atoms with Gasteiger partial charge in [0.05, 0.1) is 5.92 Å². The number of Topliss-reactive ketones (excluding diaryl/α,β-unsaturated/α-hetero) is 1. The van der Waals surface area contributed by atoms with Crippen molar-refractivity contribution in [2.75, 3.05) is 6.54 Å². The van der Waals surface area contributed by atoms with E-state index in [4.69, 9.17) is 0 Å². The first-order valence-corrected chi connectivity index (χ1v) is 7.31. The minimum Gasteiger partial charge on any atom is -0.294 e. The Bertz CT molecular complexity index is 626. The van der Waals surface area contributed by atoms with E-state index in [1.165, 1.54) is 0 Å². The van der Waals surface area contributed by atoms with Crippen LogP contribution in [0, 0.1) is 10.1 Å². The SMILES string of the molecule is O=C(C[C@@H](C[N+](=O)[O-])c1ccc(Br)cc1)c1ccccc1. The van der Waals surface area contributed by atoms with Gasteiger partial charge in [0.1, 0.15) is 0 Å². The van der Waals surface area contributed by atoms with Gasteiger partial charge < -0.3 is 0 Å². The number of carbonyl (C=O) groups excluding carboxylic acids is 1. The number of rotatable bonds is 6. The molecule has 0 bridgehead atoms. The second-order valence-corrected chi connectivity index (χ2v) is 5.67. The molecule has 2 aromatic carbocycles. The summed E-state index contributed by atoms with van der Waals surface area (Å²) in [4.78, 5) is 22.7. The smallest absolute Gasteiger partial charge is 0.211 e. The second kappa shape index (κ2) is 7.13. The summed E-state index contributed by atoms with van der Waals surface area (Å²) in [6.07, 6.45) is 0.132. The molecule has 0 saturated carbocycles. The van der Waals surface area contributed by atoms with Crippen LogP contribution in [0.1, 0.15) is 28.3 Å². The predicted molar refractivity (Wildman–Crippen MR) is 84.1 cm³/mol. The maximum atomic E-state index is 12.2. The van der Waals surface area contributed by atoms with E-state index >= 15 is 0 Å². The summed E-state index contributed by atoms with van der Waals surface area (Å²) in [6.45, 7) is -0.250. The molecule has 0 N–H and O–H groups in total. The van der Waals surface area contributed by atoms with Gasteiger partial charge in [-0.05, 0) is 17.7 Å². The van der Waals surface area contributed by atoms with Crippen molar-refractivity contribution in [1.82, 2.24) is 0 Å². The summed E-state index contributed by atoms with van der Waals surface area (Å²) in [5, 5.41) is 10.9. The number of nitro groups is 1. The Labute approximate surface area is 131 Å². The molecule has 4 nitrogen and oxygen atoms in total. The molecule has 0 unspecified atom stereocenters. The van der Waals surface area contributed by atoms with Crippen LogP contribution in [-0.2, 0) is 0 Å². The summed E-state index contributed by atoms with van der Waals surface area (Å²) in [5.74, 6) is -0.494. The molecule has 108 valence electrons. The average Bonchev–Trinajstić information content (AvgIpc) is 2.48. The normalized spacial score (nSPS) is 11.9. The molecule has 0 aliphatic rings. The van der Waals surface area contributed by atoms with Gasteiger partial charge in [-0.15, -0.1) is 0 Å². The van der Waals surface area contributed by atoms with Crippen LogP contribution >= 0.6 is 15.9 Å². The zero-order valence-corrected chi connectivity index (χ0v) is 12.8. The zero-order valence-electron chi connectivity index (χ0n) is 11.2. The van der Waals surface area contributed by atoms with E-state index in [9.17, 15) is 14.9 Å². The van der Waals surface area contributed by atoms with Crippen molar-refractivity contribution in [3.8, 4) is 0 Å². The van der Waals surface area contributed by atoms with Gasteiger partial charge in [0.2, 0.25) is 6.54 Å². The Hall–Kier alpha value is -2.01. The van der Waals surface area contributed by atoms with Crippen molar-refractivity contribution in [1.29, 1.82) is 0 Å². The number of hydrogen-bond donors (Lipinski definition) is 0. The number of nitrogens with zero attached hydrogens (tertiary/aromatic N) is 1. The fourth-order valence-corrected chi connectivity index (χ4v) is 2.43. The number of halogens is 1. The topological polar surface area (TPSA) is 60.2 Å². The summed E-state index contributed by atoms with van der Waals surface area (Å²) in [7, 11) is 0. The monoisotopic (exact) mass is 347 g/mol. The molecule has 1 atom stereocenters. The van der Waals surface area contributed by atoms with E-state index < -0.39 is 5.92 Å². The van der Waals surface area contributed by atoms with E-state index in [1.807, 2.05) is 30.3 Å². The van der Waals surface area contributed by atoms with Crippen LogP contribution in [0.15, 0.2) is 59.1 Å². The number of carbonyl (C=O) groups is 1. The molecule has 0 radical (unpaired) electrons. The Kier molecular flexibility index (Phi) is 5.22. The molecule has 0 saturated heterocycles. The Morgan fingerprint density at radius 3 is 2.29 bits per heavy atom. The molecule has 0 aliphatic carbocycles. The Balaban J connectivity index is 2.18. The van der Waals surface area contributed by atoms with Crippen LogP contribution < -0.4 is 0 Å². The molecule has 5 heteroatoms. The van der Waals surface area contributed by atoms with Gasteiger partial charge in [-0.3, -0.25) is 14.9 Å². The van der Waals surface area contributed by atoms with E-state index in [1.54, 1.807) is 24.3 Å². The summed E-state index contributed by atoms with van der Waals surface area (Å²) in [5.41, 5.74) is 1.39.